The van der Waals surface area contributed by atoms with E-state index >= 15 is 0 Å². The van der Waals surface area contributed by atoms with Gasteiger partial charge in [0, 0.05) is 19.5 Å². The van der Waals surface area contributed by atoms with E-state index in [9.17, 15) is 9.59 Å². The van der Waals surface area contributed by atoms with Crippen molar-refractivity contribution in [3.63, 3.8) is 0 Å². The number of hydrogen-bond acceptors (Lipinski definition) is 2. The number of amides is 2. The molecule has 4 nitrogen and oxygen atoms in total. The average Bonchev–Trinajstić information content (AvgIpc) is 3.00. The molecule has 0 aromatic heterocycles. The van der Waals surface area contributed by atoms with E-state index < -0.39 is 0 Å². The van der Waals surface area contributed by atoms with Gasteiger partial charge in [0.1, 0.15) is 0 Å². The van der Waals surface area contributed by atoms with Crippen LogP contribution in [0.4, 0.5) is 0 Å². The van der Waals surface area contributed by atoms with E-state index in [2.05, 4.69) is 11.2 Å². The Kier molecular flexibility index (Phi) is 3.14. The van der Waals surface area contributed by atoms with Crippen LogP contribution < -0.4 is 5.32 Å². The van der Waals surface area contributed by atoms with Crippen LogP contribution in [0.25, 0.3) is 0 Å². The van der Waals surface area contributed by atoms with E-state index in [0.717, 1.165) is 6.54 Å². The molecule has 0 spiro atoms. The quantitative estimate of drug-likeness (QED) is 0.678. The monoisotopic (exact) mass is 220 g/mol. The lowest BCUT2D eigenvalue weighted by Crippen LogP contribution is -2.33. The summed E-state index contributed by atoms with van der Waals surface area (Å²) in [5, 5.41) is 2.63. The zero-order valence-electron chi connectivity index (χ0n) is 9.24. The molecule has 16 heavy (non-hydrogen) atoms. The fourth-order valence-corrected chi connectivity index (χ4v) is 2.02. The zero-order chi connectivity index (χ0) is 11.5. The van der Waals surface area contributed by atoms with E-state index in [-0.39, 0.29) is 24.3 Å². The number of hydrogen-bond donors (Lipinski definition) is 1. The van der Waals surface area contributed by atoms with Gasteiger partial charge < -0.3 is 10.2 Å². The number of likely N-dealkylation sites (tertiary alicyclic amines) is 1. The Hall–Kier alpha value is -1.50. The second-order valence-corrected chi connectivity index (χ2v) is 4.57. The number of nitrogens with zero attached hydrogens (tertiary/aromatic N) is 1. The molecule has 2 amide bonds. The highest BCUT2D eigenvalue weighted by atomic mass is 16.2. The van der Waals surface area contributed by atoms with Gasteiger partial charge in [-0.15, -0.1) is 6.42 Å². The smallest absolute Gasteiger partial charge is 0.226 e. The summed E-state index contributed by atoms with van der Waals surface area (Å²) in [5.41, 5.74) is 0. The molecule has 0 aromatic carbocycles. The summed E-state index contributed by atoms with van der Waals surface area (Å²) in [6, 6.07) is 0. The average molecular weight is 220 g/mol. The molecule has 0 radical (unpaired) electrons. The van der Waals surface area contributed by atoms with Crippen molar-refractivity contribution < 1.29 is 9.59 Å². The van der Waals surface area contributed by atoms with E-state index in [1.54, 1.807) is 0 Å². The largest absolute Gasteiger partial charge is 0.345 e. The maximum absolute atomic E-state index is 11.6. The standard InChI is InChI=1S/C12H16N2O2/c1-2-5-13-12(16)10-6-11(15)14(8-10)7-9-3-4-9/h1,9-10H,3-8H2,(H,13,16). The first-order chi connectivity index (χ1) is 7.70. The highest BCUT2D eigenvalue weighted by molar-refractivity contribution is 5.89. The zero-order valence-corrected chi connectivity index (χ0v) is 9.24. The third-order valence-electron chi connectivity index (χ3n) is 3.13. The molecule has 1 atom stereocenters. The van der Waals surface area contributed by atoms with Crippen molar-refractivity contribution in [1.29, 1.82) is 0 Å². The summed E-state index contributed by atoms with van der Waals surface area (Å²) < 4.78 is 0. The predicted molar refractivity (Wildman–Crippen MR) is 59.3 cm³/mol. The van der Waals surface area contributed by atoms with Crippen LogP contribution in [0.15, 0.2) is 0 Å². The van der Waals surface area contributed by atoms with Crippen LogP contribution >= 0.6 is 0 Å². The van der Waals surface area contributed by atoms with Gasteiger partial charge >= 0.3 is 0 Å². The lowest BCUT2D eigenvalue weighted by Gasteiger charge is -2.15. The van der Waals surface area contributed by atoms with Gasteiger partial charge in [0.05, 0.1) is 12.5 Å². The van der Waals surface area contributed by atoms with E-state index in [1.165, 1.54) is 12.8 Å². The van der Waals surface area contributed by atoms with Crippen molar-refractivity contribution in [2.24, 2.45) is 11.8 Å². The van der Waals surface area contributed by atoms with Gasteiger partial charge in [0.15, 0.2) is 0 Å². The number of rotatable bonds is 4. The second kappa shape index (κ2) is 4.56. The maximum atomic E-state index is 11.6. The van der Waals surface area contributed by atoms with Crippen molar-refractivity contribution in [2.45, 2.75) is 19.3 Å². The van der Waals surface area contributed by atoms with Gasteiger partial charge in [-0.2, -0.15) is 0 Å². The van der Waals surface area contributed by atoms with Crippen LogP contribution in [0.2, 0.25) is 0 Å². The van der Waals surface area contributed by atoms with Crippen molar-refractivity contribution in [1.82, 2.24) is 10.2 Å². The lowest BCUT2D eigenvalue weighted by molar-refractivity contribution is -0.129. The molecule has 4 heteroatoms. The molecule has 2 aliphatic rings. The topological polar surface area (TPSA) is 49.4 Å². The third kappa shape index (κ3) is 2.54. The predicted octanol–water partition coefficient (Wildman–Crippen LogP) is -0.00570. The van der Waals surface area contributed by atoms with Crippen LogP contribution in [0.1, 0.15) is 19.3 Å². The summed E-state index contributed by atoms with van der Waals surface area (Å²) in [6.45, 7) is 1.63. The first kappa shape index (κ1) is 11.0. The number of carbonyl (C=O) groups excluding carboxylic acids is 2. The van der Waals surface area contributed by atoms with Crippen molar-refractivity contribution in [3.05, 3.63) is 0 Å². The fourth-order valence-electron chi connectivity index (χ4n) is 2.02. The summed E-state index contributed by atoms with van der Waals surface area (Å²) in [6.07, 6.45) is 7.84. The molecule has 0 bridgehead atoms. The highest BCUT2D eigenvalue weighted by Crippen LogP contribution is 2.31. The number of carbonyl (C=O) groups is 2. The number of nitrogens with one attached hydrogen (secondary N) is 1. The SMILES string of the molecule is C#CCNC(=O)C1CC(=O)N(CC2CC2)C1. The molecule has 1 aliphatic heterocycles. The molecule has 0 aromatic rings. The highest BCUT2D eigenvalue weighted by Gasteiger charge is 2.36. The Bertz CT molecular complexity index is 341. The fraction of sp³-hybridized carbons (Fsp3) is 0.667. The molecule has 1 saturated heterocycles. The Morgan fingerprint density at radius 2 is 2.31 bits per heavy atom. The minimum absolute atomic E-state index is 0.0930. The van der Waals surface area contributed by atoms with Gasteiger partial charge in [0.25, 0.3) is 0 Å². The van der Waals surface area contributed by atoms with Gasteiger partial charge in [-0.3, -0.25) is 9.59 Å². The van der Waals surface area contributed by atoms with Gasteiger partial charge in [-0.05, 0) is 18.8 Å². The van der Waals surface area contributed by atoms with Crippen molar-refractivity contribution in [3.8, 4) is 12.3 Å². The summed E-state index contributed by atoms with van der Waals surface area (Å²) >= 11 is 0. The van der Waals surface area contributed by atoms with Gasteiger partial charge in [-0.1, -0.05) is 5.92 Å². The van der Waals surface area contributed by atoms with Crippen LogP contribution in [-0.4, -0.2) is 36.3 Å². The Labute approximate surface area is 95.4 Å². The van der Waals surface area contributed by atoms with Gasteiger partial charge in [0.2, 0.25) is 11.8 Å². The van der Waals surface area contributed by atoms with Crippen LogP contribution in [0.5, 0.6) is 0 Å². The number of terminal acetylenes is 1. The summed E-state index contributed by atoms with van der Waals surface area (Å²) in [5.74, 6) is 2.84. The molecule has 1 N–H and O–H groups in total. The van der Waals surface area contributed by atoms with Gasteiger partial charge in [-0.25, -0.2) is 0 Å². The molecular formula is C12H16N2O2. The minimum atomic E-state index is -0.209. The molecule has 2 fully saturated rings. The molecule has 1 heterocycles. The molecule has 2 rings (SSSR count). The first-order valence-corrected chi connectivity index (χ1v) is 5.69. The molecule has 86 valence electrons. The maximum Gasteiger partial charge on any atom is 0.226 e. The molecule has 1 aliphatic carbocycles. The van der Waals surface area contributed by atoms with Crippen LogP contribution in [0, 0.1) is 24.2 Å². The van der Waals surface area contributed by atoms with E-state index in [1.807, 2.05) is 4.90 Å². The first-order valence-electron chi connectivity index (χ1n) is 5.69. The molecular weight excluding hydrogens is 204 g/mol. The lowest BCUT2D eigenvalue weighted by atomic mass is 10.1. The van der Waals surface area contributed by atoms with Crippen LogP contribution in [-0.2, 0) is 9.59 Å². The Morgan fingerprint density at radius 3 is 2.94 bits per heavy atom. The summed E-state index contributed by atoms with van der Waals surface area (Å²) in [4.78, 5) is 25.1. The van der Waals surface area contributed by atoms with E-state index in [4.69, 9.17) is 6.42 Å². The normalized spacial score (nSPS) is 24.3. The van der Waals surface area contributed by atoms with E-state index in [0.29, 0.717) is 18.9 Å². The second-order valence-electron chi connectivity index (χ2n) is 4.57. The Balaban J connectivity index is 1.82. The third-order valence-corrected chi connectivity index (χ3v) is 3.13. The van der Waals surface area contributed by atoms with Crippen molar-refractivity contribution in [2.75, 3.05) is 19.6 Å². The van der Waals surface area contributed by atoms with Crippen LogP contribution in [0.3, 0.4) is 0 Å². The molecule has 1 unspecified atom stereocenters. The summed E-state index contributed by atoms with van der Waals surface area (Å²) in [7, 11) is 0. The molecule has 1 saturated carbocycles. The Morgan fingerprint density at radius 1 is 1.56 bits per heavy atom. The minimum Gasteiger partial charge on any atom is -0.345 e. The van der Waals surface area contributed by atoms with Crippen molar-refractivity contribution >= 4 is 11.8 Å².